The van der Waals surface area contributed by atoms with Gasteiger partial charge in [0.1, 0.15) is 11.4 Å². The molecular weight excluding hydrogens is 296 g/mol. The summed E-state index contributed by atoms with van der Waals surface area (Å²) in [5, 5.41) is 3.01. The summed E-state index contributed by atoms with van der Waals surface area (Å²) in [5.41, 5.74) is 0.571. The Morgan fingerprint density at radius 3 is 2.65 bits per heavy atom. The highest BCUT2D eigenvalue weighted by atomic mass is 16.5. The van der Waals surface area contributed by atoms with E-state index in [0.29, 0.717) is 39.5 Å². The van der Waals surface area contributed by atoms with Gasteiger partial charge in [-0.05, 0) is 19.9 Å². The lowest BCUT2D eigenvalue weighted by Gasteiger charge is -2.30. The molecule has 0 aromatic heterocycles. The van der Waals surface area contributed by atoms with Crippen molar-refractivity contribution in [2.75, 3.05) is 33.0 Å². The van der Waals surface area contributed by atoms with Crippen molar-refractivity contribution in [3.63, 3.8) is 0 Å². The highest BCUT2D eigenvalue weighted by molar-refractivity contribution is 5.75. The number of hydrogen-bond acceptors (Lipinski definition) is 4. The second-order valence-corrected chi connectivity index (χ2v) is 6.62. The minimum atomic E-state index is -0.444. The number of hydrogen-bond donors (Lipinski definition) is 1. The number of benzene rings is 1. The number of carbonyl (C=O) groups is 1. The number of nitrogens with zero attached hydrogens (tertiary/aromatic N) is 1. The molecule has 1 N–H and O–H groups in total. The van der Waals surface area contributed by atoms with Crippen LogP contribution >= 0.6 is 0 Å². The third kappa shape index (κ3) is 4.14. The van der Waals surface area contributed by atoms with Gasteiger partial charge >= 0.3 is 6.03 Å². The van der Waals surface area contributed by atoms with Crippen molar-refractivity contribution in [3.05, 3.63) is 29.8 Å². The van der Waals surface area contributed by atoms with E-state index >= 15 is 0 Å². The van der Waals surface area contributed by atoms with Crippen LogP contribution in [-0.2, 0) is 16.0 Å². The van der Waals surface area contributed by atoms with Crippen LogP contribution in [0.15, 0.2) is 24.3 Å². The summed E-state index contributed by atoms with van der Waals surface area (Å²) < 4.78 is 16.9. The molecule has 126 valence electrons. The first-order valence-electron chi connectivity index (χ1n) is 8.01. The molecule has 1 fully saturated rings. The van der Waals surface area contributed by atoms with E-state index in [-0.39, 0.29) is 12.1 Å². The SMILES string of the molecule is CC1(C)CN(C(=O)NC2COCCOC2)Cc2ccccc2O1. The molecule has 6 nitrogen and oxygen atoms in total. The van der Waals surface area contributed by atoms with Crippen molar-refractivity contribution in [2.45, 2.75) is 32.0 Å². The molecule has 0 bridgehead atoms. The van der Waals surface area contributed by atoms with Gasteiger partial charge in [0.05, 0.1) is 45.6 Å². The molecule has 23 heavy (non-hydrogen) atoms. The maximum absolute atomic E-state index is 12.7. The summed E-state index contributed by atoms with van der Waals surface area (Å²) in [6, 6.07) is 7.62. The van der Waals surface area contributed by atoms with Gasteiger partial charge in [-0.2, -0.15) is 0 Å². The van der Waals surface area contributed by atoms with Crippen LogP contribution in [-0.4, -0.2) is 55.5 Å². The number of amides is 2. The van der Waals surface area contributed by atoms with Gasteiger partial charge in [0, 0.05) is 5.56 Å². The van der Waals surface area contributed by atoms with Crippen molar-refractivity contribution >= 4 is 6.03 Å². The zero-order chi connectivity index (χ0) is 16.3. The molecule has 0 saturated carbocycles. The Morgan fingerprint density at radius 2 is 1.91 bits per heavy atom. The van der Waals surface area contributed by atoms with Crippen LogP contribution in [0.2, 0.25) is 0 Å². The van der Waals surface area contributed by atoms with Gasteiger partial charge in [0.2, 0.25) is 0 Å². The second kappa shape index (κ2) is 6.76. The number of nitrogens with one attached hydrogen (secondary N) is 1. The van der Waals surface area contributed by atoms with Crippen molar-refractivity contribution in [3.8, 4) is 5.75 Å². The van der Waals surface area contributed by atoms with E-state index in [1.54, 1.807) is 4.90 Å². The minimum absolute atomic E-state index is 0.113. The van der Waals surface area contributed by atoms with Crippen LogP contribution in [0.25, 0.3) is 0 Å². The minimum Gasteiger partial charge on any atom is -0.486 e. The van der Waals surface area contributed by atoms with Gasteiger partial charge in [-0.1, -0.05) is 18.2 Å². The Kier molecular flexibility index (Phi) is 4.73. The molecule has 2 amide bonds. The predicted molar refractivity (Wildman–Crippen MR) is 85.5 cm³/mol. The summed E-state index contributed by atoms with van der Waals surface area (Å²) in [4.78, 5) is 14.5. The van der Waals surface area contributed by atoms with E-state index in [1.807, 2.05) is 38.1 Å². The standard InChI is InChI=1S/C17H24N2O4/c1-17(2)12-19(9-13-5-3-4-6-15(13)23-17)16(20)18-14-10-21-7-8-22-11-14/h3-6,14H,7-12H2,1-2H3,(H,18,20). The van der Waals surface area contributed by atoms with Crippen LogP contribution in [0, 0.1) is 0 Å². The lowest BCUT2D eigenvalue weighted by molar-refractivity contribution is 0.0778. The molecule has 0 atom stereocenters. The third-order valence-corrected chi connectivity index (χ3v) is 3.92. The zero-order valence-corrected chi connectivity index (χ0v) is 13.7. The van der Waals surface area contributed by atoms with Crippen molar-refractivity contribution < 1.29 is 19.0 Å². The van der Waals surface area contributed by atoms with E-state index < -0.39 is 5.60 Å². The predicted octanol–water partition coefficient (Wildman–Crippen LogP) is 1.78. The summed E-state index contributed by atoms with van der Waals surface area (Å²) in [6.07, 6.45) is 0. The maximum atomic E-state index is 12.7. The molecule has 2 aliphatic rings. The molecule has 6 heteroatoms. The normalized spacial score (nSPS) is 21.6. The van der Waals surface area contributed by atoms with Crippen molar-refractivity contribution in [1.82, 2.24) is 10.2 Å². The monoisotopic (exact) mass is 320 g/mol. The van der Waals surface area contributed by atoms with E-state index in [2.05, 4.69) is 5.32 Å². The van der Waals surface area contributed by atoms with Crippen LogP contribution in [0.3, 0.4) is 0 Å². The van der Waals surface area contributed by atoms with E-state index in [9.17, 15) is 4.79 Å². The molecular formula is C17H24N2O4. The lowest BCUT2D eigenvalue weighted by Crippen LogP contribution is -2.51. The zero-order valence-electron chi connectivity index (χ0n) is 13.7. The van der Waals surface area contributed by atoms with E-state index in [4.69, 9.17) is 14.2 Å². The first-order valence-corrected chi connectivity index (χ1v) is 8.01. The first kappa shape index (κ1) is 16.1. The molecule has 3 rings (SSSR count). The van der Waals surface area contributed by atoms with Crippen molar-refractivity contribution in [2.24, 2.45) is 0 Å². The molecule has 0 unspecified atom stereocenters. The molecule has 0 spiro atoms. The number of para-hydroxylation sites is 1. The summed E-state index contributed by atoms with van der Waals surface area (Å²) in [5.74, 6) is 0.842. The first-order chi connectivity index (χ1) is 11.0. The lowest BCUT2D eigenvalue weighted by atomic mass is 10.1. The maximum Gasteiger partial charge on any atom is 0.318 e. The van der Waals surface area contributed by atoms with Gasteiger partial charge in [-0.15, -0.1) is 0 Å². The fourth-order valence-corrected chi connectivity index (χ4v) is 2.90. The number of carbonyl (C=O) groups excluding carboxylic acids is 1. The molecule has 1 saturated heterocycles. The number of ether oxygens (including phenoxy) is 3. The number of urea groups is 1. The van der Waals surface area contributed by atoms with Gasteiger partial charge in [-0.25, -0.2) is 4.79 Å². The summed E-state index contributed by atoms with van der Waals surface area (Å²) >= 11 is 0. The second-order valence-electron chi connectivity index (χ2n) is 6.62. The van der Waals surface area contributed by atoms with Gasteiger partial charge in [-0.3, -0.25) is 0 Å². The largest absolute Gasteiger partial charge is 0.486 e. The fraction of sp³-hybridized carbons (Fsp3) is 0.588. The third-order valence-electron chi connectivity index (χ3n) is 3.92. The molecule has 1 aromatic rings. The van der Waals surface area contributed by atoms with Gasteiger partial charge in [0.15, 0.2) is 0 Å². The van der Waals surface area contributed by atoms with Crippen LogP contribution in [0.5, 0.6) is 5.75 Å². The Bertz CT molecular complexity index is 553. The Balaban J connectivity index is 1.72. The Hall–Kier alpha value is -1.79. The Labute approximate surface area is 136 Å². The molecule has 0 radical (unpaired) electrons. The molecule has 2 aliphatic heterocycles. The summed E-state index contributed by atoms with van der Waals surface area (Å²) in [6.45, 7) is 7.14. The van der Waals surface area contributed by atoms with Crippen LogP contribution in [0.1, 0.15) is 19.4 Å². The van der Waals surface area contributed by atoms with E-state index in [0.717, 1.165) is 11.3 Å². The van der Waals surface area contributed by atoms with Gasteiger partial charge < -0.3 is 24.4 Å². The summed E-state index contributed by atoms with van der Waals surface area (Å²) in [7, 11) is 0. The quantitative estimate of drug-likeness (QED) is 0.857. The van der Waals surface area contributed by atoms with Crippen LogP contribution in [0.4, 0.5) is 4.79 Å². The Morgan fingerprint density at radius 1 is 1.22 bits per heavy atom. The molecule has 2 heterocycles. The average molecular weight is 320 g/mol. The molecule has 1 aromatic carbocycles. The average Bonchev–Trinajstić information content (AvgIpc) is 2.83. The van der Waals surface area contributed by atoms with Gasteiger partial charge in [0.25, 0.3) is 0 Å². The van der Waals surface area contributed by atoms with Crippen molar-refractivity contribution in [1.29, 1.82) is 0 Å². The number of rotatable bonds is 1. The van der Waals surface area contributed by atoms with Crippen LogP contribution < -0.4 is 10.1 Å². The smallest absolute Gasteiger partial charge is 0.318 e. The fourth-order valence-electron chi connectivity index (χ4n) is 2.90. The van der Waals surface area contributed by atoms with E-state index in [1.165, 1.54) is 0 Å². The topological polar surface area (TPSA) is 60.0 Å². The highest BCUT2D eigenvalue weighted by Gasteiger charge is 2.32. The molecule has 0 aliphatic carbocycles. The highest BCUT2D eigenvalue weighted by Crippen LogP contribution is 2.29. The number of fused-ring (bicyclic) bond motifs is 1.